The molecule has 53 heavy (non-hydrogen) atoms. The van der Waals surface area contributed by atoms with Gasteiger partial charge >= 0.3 is 12.1 Å². The van der Waals surface area contributed by atoms with Crippen LogP contribution in [0.2, 0.25) is 0 Å². The van der Waals surface area contributed by atoms with Crippen molar-refractivity contribution in [3.8, 4) is 11.1 Å². The molecular formula is C44H40N4O5. The lowest BCUT2D eigenvalue weighted by Gasteiger charge is -2.37. The number of nitrogens with one attached hydrogen (secondary N) is 2. The molecule has 9 nitrogen and oxygen atoms in total. The summed E-state index contributed by atoms with van der Waals surface area (Å²) in [7, 11) is 1.25. The van der Waals surface area contributed by atoms with Crippen LogP contribution in [0.1, 0.15) is 46.4 Å². The van der Waals surface area contributed by atoms with Crippen molar-refractivity contribution in [3.05, 3.63) is 186 Å². The van der Waals surface area contributed by atoms with Gasteiger partial charge in [0.2, 0.25) is 5.91 Å². The summed E-state index contributed by atoms with van der Waals surface area (Å²) in [6.07, 6.45) is 2.91. The van der Waals surface area contributed by atoms with Crippen molar-refractivity contribution in [1.29, 1.82) is 0 Å². The van der Waals surface area contributed by atoms with Gasteiger partial charge in [0, 0.05) is 18.5 Å². The highest BCUT2D eigenvalue weighted by Crippen LogP contribution is 2.44. The lowest BCUT2D eigenvalue weighted by molar-refractivity contribution is -0.144. The minimum Gasteiger partial charge on any atom is -0.467 e. The van der Waals surface area contributed by atoms with E-state index in [1.54, 1.807) is 6.33 Å². The van der Waals surface area contributed by atoms with Gasteiger partial charge in [0.1, 0.15) is 24.2 Å². The molecule has 2 amide bonds. The van der Waals surface area contributed by atoms with Crippen LogP contribution in [-0.4, -0.2) is 53.3 Å². The molecule has 0 radical (unpaired) electrons. The number of hydrogen-bond donors (Lipinski definition) is 2. The summed E-state index contributed by atoms with van der Waals surface area (Å²) in [5.74, 6) is -1.34. The van der Waals surface area contributed by atoms with E-state index in [2.05, 4.69) is 59.2 Å². The zero-order chi connectivity index (χ0) is 36.8. The minimum atomic E-state index is -1.12. The normalized spacial score (nSPS) is 13.2. The second-order valence-electron chi connectivity index (χ2n) is 13.1. The van der Waals surface area contributed by atoms with E-state index >= 15 is 0 Å². The maximum absolute atomic E-state index is 13.7. The van der Waals surface area contributed by atoms with Crippen LogP contribution in [-0.2, 0) is 31.0 Å². The second kappa shape index (κ2) is 15.4. The summed E-state index contributed by atoms with van der Waals surface area (Å²) in [6.45, 7) is 1.60. The average molecular weight is 705 g/mol. The standard InChI is InChI=1S/C44H40N4O5/c1-30(42(50)52-2)46-41(49)40(47-43(51)53-28-39-37-24-14-12-22-35(37)36-23-13-15-25-38(36)39)26-34-27-48(29-45-34)44(31-16-6-3-7-17-31,32-18-8-4-9-19-32)33-20-10-5-11-21-33/h3-25,27,29-30,39-40H,26,28H2,1-2H3,(H,46,49)(H,47,51)/t30-,40-/m0/s1. The molecule has 9 heteroatoms. The van der Waals surface area contributed by atoms with E-state index in [0.717, 1.165) is 38.9 Å². The molecule has 0 unspecified atom stereocenters. The highest BCUT2D eigenvalue weighted by molar-refractivity contribution is 5.89. The molecule has 0 fully saturated rings. The van der Waals surface area contributed by atoms with Gasteiger partial charge in [0.15, 0.2) is 0 Å². The fraction of sp³-hybridized carbons (Fsp3) is 0.182. The number of benzene rings is 5. The zero-order valence-electron chi connectivity index (χ0n) is 29.5. The summed E-state index contributed by atoms with van der Waals surface area (Å²) in [4.78, 5) is 44.3. The Kier molecular flexibility index (Phi) is 10.2. The molecule has 5 aromatic carbocycles. The van der Waals surface area contributed by atoms with Gasteiger partial charge < -0.3 is 24.7 Å². The molecule has 7 rings (SSSR count). The third-order valence-corrected chi connectivity index (χ3v) is 9.88. The fourth-order valence-electron chi connectivity index (χ4n) is 7.39. The zero-order valence-corrected chi connectivity index (χ0v) is 29.5. The molecule has 0 bridgehead atoms. The minimum absolute atomic E-state index is 0.0192. The Balaban J connectivity index is 1.19. The fourth-order valence-corrected chi connectivity index (χ4v) is 7.39. The Morgan fingerprint density at radius 2 is 1.21 bits per heavy atom. The van der Waals surface area contributed by atoms with Crippen LogP contribution in [0.5, 0.6) is 0 Å². The number of rotatable bonds is 12. The summed E-state index contributed by atoms with van der Waals surface area (Å²) >= 11 is 0. The van der Waals surface area contributed by atoms with E-state index in [0.29, 0.717) is 5.69 Å². The molecule has 6 aromatic rings. The molecule has 1 aliphatic carbocycles. The molecule has 1 heterocycles. The third-order valence-electron chi connectivity index (χ3n) is 9.88. The topological polar surface area (TPSA) is 112 Å². The lowest BCUT2D eigenvalue weighted by atomic mass is 9.77. The predicted octanol–water partition coefficient (Wildman–Crippen LogP) is 6.85. The van der Waals surface area contributed by atoms with Gasteiger partial charge in [-0.2, -0.15) is 0 Å². The first kappa shape index (κ1) is 34.9. The largest absolute Gasteiger partial charge is 0.467 e. The van der Waals surface area contributed by atoms with Crippen molar-refractivity contribution < 1.29 is 23.9 Å². The average Bonchev–Trinajstić information content (AvgIpc) is 3.80. The van der Waals surface area contributed by atoms with Gasteiger partial charge in [-0.05, 0) is 45.9 Å². The SMILES string of the molecule is COC(=O)[C@H](C)NC(=O)[C@H](Cc1cn(C(c2ccccc2)(c2ccccc2)c2ccccc2)cn1)NC(=O)OCC1c2ccccc2-c2ccccc21. The van der Waals surface area contributed by atoms with Crippen LogP contribution in [0.3, 0.4) is 0 Å². The van der Waals surface area contributed by atoms with Crippen LogP contribution in [0.25, 0.3) is 11.1 Å². The van der Waals surface area contributed by atoms with Crippen molar-refractivity contribution in [1.82, 2.24) is 20.2 Å². The van der Waals surface area contributed by atoms with E-state index < -0.39 is 35.6 Å². The van der Waals surface area contributed by atoms with Gasteiger partial charge in [-0.1, -0.05) is 140 Å². The predicted molar refractivity (Wildman–Crippen MR) is 202 cm³/mol. The molecule has 0 saturated heterocycles. The summed E-state index contributed by atoms with van der Waals surface area (Å²) < 4.78 is 12.7. The number of ether oxygens (including phenoxy) is 2. The first-order valence-electron chi connectivity index (χ1n) is 17.6. The molecule has 1 aliphatic rings. The van der Waals surface area contributed by atoms with E-state index in [-0.39, 0.29) is 18.9 Å². The lowest BCUT2D eigenvalue weighted by Crippen LogP contribution is -2.52. The van der Waals surface area contributed by atoms with Gasteiger partial charge in [-0.3, -0.25) is 4.79 Å². The van der Waals surface area contributed by atoms with Gasteiger partial charge in [0.05, 0.1) is 19.1 Å². The van der Waals surface area contributed by atoms with Crippen LogP contribution in [0.15, 0.2) is 152 Å². The van der Waals surface area contributed by atoms with E-state index in [9.17, 15) is 14.4 Å². The van der Waals surface area contributed by atoms with Crippen molar-refractivity contribution in [2.24, 2.45) is 0 Å². The number of hydrogen-bond acceptors (Lipinski definition) is 6. The molecule has 0 saturated carbocycles. The Morgan fingerprint density at radius 3 is 1.72 bits per heavy atom. The molecule has 2 N–H and O–H groups in total. The number of amides is 2. The maximum atomic E-state index is 13.7. The number of methoxy groups -OCH3 is 1. The Bertz CT molecular complexity index is 2060. The van der Waals surface area contributed by atoms with Crippen molar-refractivity contribution in [2.75, 3.05) is 13.7 Å². The second-order valence-corrected chi connectivity index (χ2v) is 13.1. The van der Waals surface area contributed by atoms with Crippen molar-refractivity contribution in [3.63, 3.8) is 0 Å². The number of nitrogens with zero attached hydrogens (tertiary/aromatic N) is 2. The van der Waals surface area contributed by atoms with Crippen LogP contribution in [0.4, 0.5) is 4.79 Å². The van der Waals surface area contributed by atoms with Crippen molar-refractivity contribution >= 4 is 18.0 Å². The van der Waals surface area contributed by atoms with Crippen molar-refractivity contribution in [2.45, 2.75) is 36.9 Å². The highest BCUT2D eigenvalue weighted by atomic mass is 16.5. The van der Waals surface area contributed by atoms with Crippen LogP contribution < -0.4 is 10.6 Å². The van der Waals surface area contributed by atoms with Crippen LogP contribution >= 0.6 is 0 Å². The molecule has 2 atom stereocenters. The molecule has 0 aliphatic heterocycles. The summed E-state index contributed by atoms with van der Waals surface area (Å²) in [6, 6.07) is 44.6. The smallest absolute Gasteiger partial charge is 0.407 e. The third kappa shape index (κ3) is 6.93. The van der Waals surface area contributed by atoms with E-state index in [1.165, 1.54) is 14.0 Å². The van der Waals surface area contributed by atoms with Gasteiger partial charge in [0.25, 0.3) is 0 Å². The monoisotopic (exact) mass is 704 g/mol. The number of alkyl carbamates (subject to hydrolysis) is 1. The molecule has 0 spiro atoms. The molecule has 266 valence electrons. The maximum Gasteiger partial charge on any atom is 0.407 e. The first-order chi connectivity index (χ1) is 25.9. The number of carbonyl (C=O) groups excluding carboxylic acids is 3. The summed E-state index contributed by atoms with van der Waals surface area (Å²) in [5, 5.41) is 5.44. The quantitative estimate of drug-likeness (QED) is 0.107. The Morgan fingerprint density at radius 1 is 0.717 bits per heavy atom. The molecular weight excluding hydrogens is 665 g/mol. The molecule has 1 aromatic heterocycles. The Labute approximate surface area is 308 Å². The number of aromatic nitrogens is 2. The van der Waals surface area contributed by atoms with E-state index in [1.807, 2.05) is 102 Å². The number of carbonyl (C=O) groups is 3. The van der Waals surface area contributed by atoms with Gasteiger partial charge in [-0.15, -0.1) is 0 Å². The number of imidazole rings is 1. The number of esters is 1. The summed E-state index contributed by atoms with van der Waals surface area (Å²) in [5.41, 5.74) is 7.14. The first-order valence-corrected chi connectivity index (χ1v) is 17.6. The van der Waals surface area contributed by atoms with Crippen LogP contribution in [0, 0.1) is 0 Å². The Hall–Kier alpha value is -6.48. The highest BCUT2D eigenvalue weighted by Gasteiger charge is 2.39. The number of fused-ring (bicyclic) bond motifs is 3. The van der Waals surface area contributed by atoms with Gasteiger partial charge in [-0.25, -0.2) is 14.6 Å². The van der Waals surface area contributed by atoms with E-state index in [4.69, 9.17) is 14.5 Å².